The van der Waals surface area contributed by atoms with Gasteiger partial charge in [-0.15, -0.1) is 0 Å². The highest BCUT2D eigenvalue weighted by molar-refractivity contribution is 7.22. The van der Waals surface area contributed by atoms with Crippen LogP contribution in [0.25, 0.3) is 10.3 Å². The van der Waals surface area contributed by atoms with Gasteiger partial charge in [0.25, 0.3) is 5.56 Å². The summed E-state index contributed by atoms with van der Waals surface area (Å²) in [6.07, 6.45) is 2.76. The number of ketones is 1. The Kier molecular flexibility index (Phi) is 7.25. The predicted octanol–water partition coefficient (Wildman–Crippen LogP) is 2.44. The number of piperidine rings is 1. The number of nitrogens with one attached hydrogen (secondary N) is 2. The van der Waals surface area contributed by atoms with Crippen molar-refractivity contribution in [2.75, 3.05) is 23.3 Å². The highest BCUT2D eigenvalue weighted by Gasteiger charge is 2.27. The van der Waals surface area contributed by atoms with Gasteiger partial charge in [0.2, 0.25) is 11.8 Å². The third-order valence-corrected chi connectivity index (χ3v) is 6.90. The number of aromatic nitrogens is 3. The second kappa shape index (κ2) is 10.3. The average Bonchev–Trinajstić information content (AvgIpc) is 3.26. The van der Waals surface area contributed by atoms with E-state index in [1.54, 1.807) is 24.3 Å². The fourth-order valence-corrected chi connectivity index (χ4v) is 5.01. The number of benzene rings is 1. The van der Waals surface area contributed by atoms with E-state index < -0.39 is 5.91 Å². The maximum atomic E-state index is 13.0. The normalized spacial score (nSPS) is 14.3. The van der Waals surface area contributed by atoms with Gasteiger partial charge in [-0.05, 0) is 45.7 Å². The number of rotatable bonds is 7. The molecule has 0 atom stereocenters. The zero-order valence-corrected chi connectivity index (χ0v) is 20.7. The minimum absolute atomic E-state index is 0.0203. The third kappa shape index (κ3) is 5.73. The van der Waals surface area contributed by atoms with Gasteiger partial charge in [-0.3, -0.25) is 23.7 Å². The number of hydrogen-bond donors (Lipinski definition) is 2. The molecule has 1 aromatic carbocycles. The molecule has 2 N–H and O–H groups in total. The molecule has 1 aliphatic heterocycles. The molecule has 2 amide bonds. The van der Waals surface area contributed by atoms with Crippen LogP contribution in [0.15, 0.2) is 35.4 Å². The van der Waals surface area contributed by atoms with Gasteiger partial charge in [-0.1, -0.05) is 23.5 Å². The van der Waals surface area contributed by atoms with Crippen molar-refractivity contribution in [2.24, 2.45) is 5.92 Å². The van der Waals surface area contributed by atoms with Crippen LogP contribution in [0.3, 0.4) is 0 Å². The number of nitrogens with zero attached hydrogens (tertiary/aromatic N) is 4. The highest BCUT2D eigenvalue weighted by atomic mass is 32.1. The summed E-state index contributed by atoms with van der Waals surface area (Å²) in [7, 11) is 0. The fourth-order valence-electron chi connectivity index (χ4n) is 3.99. The van der Waals surface area contributed by atoms with Crippen molar-refractivity contribution >= 4 is 50.1 Å². The quantitative estimate of drug-likeness (QED) is 0.481. The van der Waals surface area contributed by atoms with Crippen molar-refractivity contribution in [1.82, 2.24) is 19.9 Å². The number of carbonyl (C=O) groups excluding carboxylic acids is 3. The molecular weight excluding hydrogens is 468 g/mol. The van der Waals surface area contributed by atoms with Crippen molar-refractivity contribution in [2.45, 2.75) is 46.2 Å². The zero-order valence-electron chi connectivity index (χ0n) is 19.9. The van der Waals surface area contributed by atoms with E-state index in [0.717, 1.165) is 12.8 Å². The predicted molar refractivity (Wildman–Crippen MR) is 135 cm³/mol. The largest absolute Gasteiger partial charge is 0.354 e. The minimum Gasteiger partial charge on any atom is -0.354 e. The van der Waals surface area contributed by atoms with Crippen LogP contribution in [-0.4, -0.2) is 51.3 Å². The highest BCUT2D eigenvalue weighted by Crippen LogP contribution is 2.29. The number of Topliss-reactive ketones (excluding diaryl/α,β-unsaturated/α-hetero) is 1. The maximum absolute atomic E-state index is 13.0. The van der Waals surface area contributed by atoms with Crippen molar-refractivity contribution in [3.63, 3.8) is 0 Å². The number of amides is 2. The van der Waals surface area contributed by atoms with Crippen LogP contribution in [0.2, 0.25) is 0 Å². The monoisotopic (exact) mass is 496 g/mol. The molecule has 35 heavy (non-hydrogen) atoms. The molecule has 11 heteroatoms. The lowest BCUT2D eigenvalue weighted by molar-refractivity contribution is -0.126. The first kappa shape index (κ1) is 24.5. The molecular formula is C24H28N6O4S. The Balaban J connectivity index is 1.43. The molecule has 184 valence electrons. The van der Waals surface area contributed by atoms with Crippen LogP contribution in [0.4, 0.5) is 10.8 Å². The van der Waals surface area contributed by atoms with Crippen molar-refractivity contribution < 1.29 is 14.4 Å². The number of hydrogen-bond acceptors (Lipinski definition) is 8. The molecule has 1 aliphatic rings. The molecule has 1 fully saturated rings. The topological polar surface area (TPSA) is 126 Å². The van der Waals surface area contributed by atoms with E-state index in [-0.39, 0.29) is 35.8 Å². The van der Waals surface area contributed by atoms with Crippen LogP contribution in [0.1, 0.15) is 44.0 Å². The molecule has 0 spiro atoms. The smallest absolute Gasteiger partial charge is 0.273 e. The summed E-state index contributed by atoms with van der Waals surface area (Å²) >= 11 is 1.25. The Morgan fingerprint density at radius 1 is 1.20 bits per heavy atom. The third-order valence-electron chi connectivity index (χ3n) is 5.81. The molecule has 0 unspecified atom stereocenters. The van der Waals surface area contributed by atoms with E-state index in [1.807, 2.05) is 13.8 Å². The Morgan fingerprint density at radius 3 is 2.63 bits per heavy atom. The first-order chi connectivity index (χ1) is 16.7. The van der Waals surface area contributed by atoms with Crippen molar-refractivity contribution in [3.8, 4) is 0 Å². The number of fused-ring (bicyclic) bond motifs is 1. The van der Waals surface area contributed by atoms with Gasteiger partial charge in [-0.2, -0.15) is 4.98 Å². The first-order valence-electron chi connectivity index (χ1n) is 11.5. The molecule has 0 aliphatic carbocycles. The standard InChI is InChI=1S/C24H28N6O4S/c1-14(2)26-22(33)16-7-9-29(10-8-16)24-28-21-20(35-24)23(34)30(13-25-21)12-19(32)27-18-6-4-5-17(11-18)15(3)31/h4-6,11,13-14,16H,7-10,12H2,1-3H3,(H,26,33)(H,27,32). The van der Waals surface area contributed by atoms with Gasteiger partial charge in [0.05, 0.1) is 0 Å². The average molecular weight is 497 g/mol. The number of carbonyl (C=O) groups is 3. The molecule has 10 nitrogen and oxygen atoms in total. The van der Waals surface area contributed by atoms with E-state index in [1.165, 1.54) is 29.2 Å². The van der Waals surface area contributed by atoms with Gasteiger partial charge in [-0.25, -0.2) is 4.98 Å². The first-order valence-corrected chi connectivity index (χ1v) is 12.3. The lowest BCUT2D eigenvalue weighted by atomic mass is 9.96. The molecule has 0 radical (unpaired) electrons. The minimum atomic E-state index is -0.402. The Labute approximate surface area is 206 Å². The van der Waals surface area contributed by atoms with Gasteiger partial charge < -0.3 is 15.5 Å². The second-order valence-electron chi connectivity index (χ2n) is 8.94. The summed E-state index contributed by atoms with van der Waals surface area (Å²) in [4.78, 5) is 60.2. The summed E-state index contributed by atoms with van der Waals surface area (Å²) in [5.41, 5.74) is 0.984. The fraction of sp³-hybridized carbons (Fsp3) is 0.417. The van der Waals surface area contributed by atoms with Gasteiger partial charge >= 0.3 is 0 Å². The van der Waals surface area contributed by atoms with Gasteiger partial charge in [0.1, 0.15) is 17.6 Å². The molecule has 3 heterocycles. The summed E-state index contributed by atoms with van der Waals surface area (Å²) < 4.78 is 1.63. The maximum Gasteiger partial charge on any atom is 0.273 e. The molecule has 0 bridgehead atoms. The molecule has 0 saturated carbocycles. The van der Waals surface area contributed by atoms with Crippen LogP contribution >= 0.6 is 11.3 Å². The summed E-state index contributed by atoms with van der Waals surface area (Å²) in [5.74, 6) is -0.440. The molecule has 3 aromatic rings. The molecule has 4 rings (SSSR count). The van der Waals surface area contributed by atoms with Crippen LogP contribution in [0, 0.1) is 5.92 Å². The zero-order chi connectivity index (χ0) is 25.1. The van der Waals surface area contributed by atoms with E-state index in [2.05, 4.69) is 25.5 Å². The summed E-state index contributed by atoms with van der Waals surface area (Å²) in [6.45, 7) is 6.48. The van der Waals surface area contributed by atoms with E-state index in [0.29, 0.717) is 39.8 Å². The van der Waals surface area contributed by atoms with Crippen LogP contribution in [-0.2, 0) is 16.1 Å². The SMILES string of the molecule is CC(=O)c1cccc(NC(=O)Cn2cnc3nc(N4CCC(C(=O)NC(C)C)CC4)sc3c2=O)c1. The van der Waals surface area contributed by atoms with Crippen molar-refractivity contribution in [3.05, 3.63) is 46.5 Å². The lowest BCUT2D eigenvalue weighted by Crippen LogP contribution is -2.42. The number of anilines is 2. The van der Waals surface area contributed by atoms with Gasteiger partial charge in [0, 0.05) is 36.3 Å². The van der Waals surface area contributed by atoms with Crippen LogP contribution in [0.5, 0.6) is 0 Å². The Bertz CT molecular complexity index is 1320. The second-order valence-corrected chi connectivity index (χ2v) is 9.91. The molecule has 1 saturated heterocycles. The van der Waals surface area contributed by atoms with Gasteiger partial charge in [0.15, 0.2) is 16.6 Å². The Hall–Kier alpha value is -3.60. The summed E-state index contributed by atoms with van der Waals surface area (Å²) in [5, 5.41) is 6.37. The van der Waals surface area contributed by atoms with Crippen LogP contribution < -0.4 is 21.1 Å². The number of thiazole rings is 1. The van der Waals surface area contributed by atoms with E-state index >= 15 is 0 Å². The van der Waals surface area contributed by atoms with Crippen molar-refractivity contribution in [1.29, 1.82) is 0 Å². The lowest BCUT2D eigenvalue weighted by Gasteiger charge is -2.31. The molecule has 2 aromatic heterocycles. The van der Waals surface area contributed by atoms with E-state index in [4.69, 9.17) is 0 Å². The Morgan fingerprint density at radius 2 is 1.94 bits per heavy atom. The summed E-state index contributed by atoms with van der Waals surface area (Å²) in [6, 6.07) is 6.75. The van der Waals surface area contributed by atoms with E-state index in [9.17, 15) is 19.2 Å².